The first-order valence-corrected chi connectivity index (χ1v) is 8.09. The Labute approximate surface area is 135 Å². The third-order valence-electron chi connectivity index (χ3n) is 5.24. The third kappa shape index (κ3) is 1.46. The minimum Gasteiger partial charge on any atom is -0.307 e. The van der Waals surface area contributed by atoms with Crippen LogP contribution < -0.4 is 0 Å². The lowest BCUT2D eigenvalue weighted by molar-refractivity contribution is 0.606. The van der Waals surface area contributed by atoms with Gasteiger partial charge in [-0.1, -0.05) is 29.8 Å². The quantitative estimate of drug-likeness (QED) is 0.440. The molecule has 0 fully saturated rings. The van der Waals surface area contributed by atoms with Gasteiger partial charge in [-0.3, -0.25) is 4.98 Å². The van der Waals surface area contributed by atoms with Crippen molar-refractivity contribution in [2.45, 2.75) is 26.2 Å². The van der Waals surface area contributed by atoms with Crippen molar-refractivity contribution in [2.75, 3.05) is 0 Å². The Kier molecular flexibility index (Phi) is 2.25. The van der Waals surface area contributed by atoms with Gasteiger partial charge in [0, 0.05) is 22.4 Å². The van der Waals surface area contributed by atoms with Crippen molar-refractivity contribution in [1.82, 2.24) is 9.55 Å². The monoisotopic (exact) mass is 298 g/mol. The Morgan fingerprint density at radius 2 is 1.83 bits per heavy atom. The number of pyridine rings is 1. The van der Waals surface area contributed by atoms with E-state index in [1.807, 2.05) is 12.3 Å². The Morgan fingerprint density at radius 3 is 2.70 bits per heavy atom. The minimum absolute atomic E-state index is 0.0878. The average Bonchev–Trinajstić information content (AvgIpc) is 2.88. The molecule has 0 amide bonds. The average molecular weight is 298 g/mol. The van der Waals surface area contributed by atoms with E-state index < -0.39 is 0 Å². The van der Waals surface area contributed by atoms with Gasteiger partial charge < -0.3 is 4.57 Å². The van der Waals surface area contributed by atoms with Crippen molar-refractivity contribution in [3.63, 3.8) is 0 Å². The van der Waals surface area contributed by atoms with Crippen molar-refractivity contribution in [3.05, 3.63) is 71.5 Å². The Bertz CT molecular complexity index is 1100. The highest BCUT2D eigenvalue weighted by molar-refractivity contribution is 6.11. The van der Waals surface area contributed by atoms with Gasteiger partial charge in [0.15, 0.2) is 0 Å². The van der Waals surface area contributed by atoms with E-state index in [2.05, 4.69) is 67.8 Å². The fourth-order valence-electron chi connectivity index (χ4n) is 4.12. The molecule has 2 aromatic heterocycles. The molecule has 5 rings (SSSR count). The zero-order valence-corrected chi connectivity index (χ0v) is 13.6. The molecule has 0 aliphatic carbocycles. The van der Waals surface area contributed by atoms with Crippen LogP contribution in [0.3, 0.4) is 0 Å². The summed E-state index contributed by atoms with van der Waals surface area (Å²) < 4.78 is 2.40. The summed E-state index contributed by atoms with van der Waals surface area (Å²) in [4.78, 5) is 4.74. The molecule has 0 atom stereocenters. The number of hydrogen-bond acceptors (Lipinski definition) is 1. The maximum atomic E-state index is 4.74. The molecule has 112 valence electrons. The van der Waals surface area contributed by atoms with E-state index in [-0.39, 0.29) is 5.41 Å². The predicted octanol–water partition coefficient (Wildman–Crippen LogP) is 5.13. The zero-order valence-electron chi connectivity index (χ0n) is 13.6. The second-order valence-electron chi connectivity index (χ2n) is 7.05. The summed E-state index contributed by atoms with van der Waals surface area (Å²) in [5.41, 5.74) is 7.52. The Morgan fingerprint density at radius 1 is 0.957 bits per heavy atom. The smallest absolute Gasteiger partial charge is 0.0744 e. The van der Waals surface area contributed by atoms with Gasteiger partial charge in [0.2, 0.25) is 0 Å². The lowest BCUT2D eigenvalue weighted by Crippen LogP contribution is -2.27. The largest absolute Gasteiger partial charge is 0.307 e. The van der Waals surface area contributed by atoms with Crippen molar-refractivity contribution >= 4 is 21.8 Å². The molecular formula is C21H18N2. The van der Waals surface area contributed by atoms with Gasteiger partial charge in [0.1, 0.15) is 0 Å². The van der Waals surface area contributed by atoms with Gasteiger partial charge in [-0.2, -0.15) is 0 Å². The summed E-state index contributed by atoms with van der Waals surface area (Å²) in [6, 6.07) is 17.6. The van der Waals surface area contributed by atoms with Crippen molar-refractivity contribution in [3.8, 4) is 5.69 Å². The number of aryl methyl sites for hydroxylation is 1. The molecule has 0 unspecified atom stereocenters. The van der Waals surface area contributed by atoms with Gasteiger partial charge in [0.25, 0.3) is 0 Å². The van der Waals surface area contributed by atoms with E-state index in [9.17, 15) is 0 Å². The molecule has 2 heteroatoms. The van der Waals surface area contributed by atoms with Gasteiger partial charge in [-0.25, -0.2) is 0 Å². The molecular weight excluding hydrogens is 280 g/mol. The van der Waals surface area contributed by atoms with Gasteiger partial charge in [-0.15, -0.1) is 0 Å². The molecule has 0 N–H and O–H groups in total. The highest BCUT2D eigenvalue weighted by atomic mass is 15.0. The topological polar surface area (TPSA) is 17.8 Å². The SMILES string of the molecule is Cc1ccc2c(c1)c1cccc3c1n2-c1cccnc1C3(C)C. The molecule has 1 aliphatic rings. The fourth-order valence-corrected chi connectivity index (χ4v) is 4.12. The molecule has 0 radical (unpaired) electrons. The lowest BCUT2D eigenvalue weighted by Gasteiger charge is -2.33. The van der Waals surface area contributed by atoms with Crippen LogP contribution in [0.15, 0.2) is 54.7 Å². The maximum Gasteiger partial charge on any atom is 0.0744 e. The van der Waals surface area contributed by atoms with Gasteiger partial charge >= 0.3 is 0 Å². The summed E-state index contributed by atoms with van der Waals surface area (Å²) in [7, 11) is 0. The highest BCUT2D eigenvalue weighted by Crippen LogP contribution is 2.46. The van der Waals surface area contributed by atoms with E-state index in [1.165, 1.54) is 38.6 Å². The first kappa shape index (κ1) is 12.9. The Hall–Kier alpha value is -2.61. The number of rotatable bonds is 0. The van der Waals surface area contributed by atoms with Crippen LogP contribution in [0.25, 0.3) is 27.5 Å². The molecule has 3 heterocycles. The first-order valence-electron chi connectivity index (χ1n) is 8.09. The Balaban J connectivity index is 2.13. The van der Waals surface area contributed by atoms with Gasteiger partial charge in [-0.05, 0) is 50.6 Å². The molecule has 0 bridgehead atoms. The van der Waals surface area contributed by atoms with Crippen LogP contribution in [0, 0.1) is 6.92 Å². The minimum atomic E-state index is -0.0878. The number of aromatic nitrogens is 2. The first-order chi connectivity index (χ1) is 11.1. The van der Waals surface area contributed by atoms with E-state index in [4.69, 9.17) is 4.98 Å². The van der Waals surface area contributed by atoms with Crippen molar-refractivity contribution < 1.29 is 0 Å². The second kappa shape index (κ2) is 4.02. The summed E-state index contributed by atoms with van der Waals surface area (Å²) in [5.74, 6) is 0. The molecule has 0 saturated carbocycles. The van der Waals surface area contributed by atoms with Crippen LogP contribution in [0.5, 0.6) is 0 Å². The molecule has 2 aromatic carbocycles. The van der Waals surface area contributed by atoms with E-state index in [0.717, 1.165) is 5.69 Å². The number of para-hydroxylation sites is 1. The van der Waals surface area contributed by atoms with Crippen LogP contribution in [0.1, 0.15) is 30.7 Å². The zero-order chi connectivity index (χ0) is 15.8. The fraction of sp³-hybridized carbons (Fsp3) is 0.190. The second-order valence-corrected chi connectivity index (χ2v) is 7.05. The maximum absolute atomic E-state index is 4.74. The molecule has 0 spiro atoms. The molecule has 0 saturated heterocycles. The standard InChI is InChI=1S/C21H18N2/c1-13-9-10-17-15(12-13)14-6-4-7-16-19(14)23(17)18-8-5-11-22-20(18)21(16,2)3/h4-12H,1-3H3. The van der Waals surface area contributed by atoms with Gasteiger partial charge in [0.05, 0.1) is 22.4 Å². The summed E-state index contributed by atoms with van der Waals surface area (Å²) in [5, 5.41) is 2.66. The predicted molar refractivity (Wildman–Crippen MR) is 95.4 cm³/mol. The number of nitrogens with zero attached hydrogens (tertiary/aromatic N) is 2. The summed E-state index contributed by atoms with van der Waals surface area (Å²) >= 11 is 0. The number of fused-ring (bicyclic) bond motifs is 5. The van der Waals surface area contributed by atoms with Crippen LogP contribution in [-0.4, -0.2) is 9.55 Å². The number of benzene rings is 2. The normalized spacial score (nSPS) is 15.1. The van der Waals surface area contributed by atoms with Crippen molar-refractivity contribution in [2.24, 2.45) is 0 Å². The number of hydrogen-bond donors (Lipinski definition) is 0. The van der Waals surface area contributed by atoms with E-state index in [0.29, 0.717) is 0 Å². The molecule has 4 aromatic rings. The van der Waals surface area contributed by atoms with Crippen LogP contribution >= 0.6 is 0 Å². The van der Waals surface area contributed by atoms with E-state index >= 15 is 0 Å². The van der Waals surface area contributed by atoms with E-state index in [1.54, 1.807) is 0 Å². The van der Waals surface area contributed by atoms with Crippen LogP contribution in [0.2, 0.25) is 0 Å². The van der Waals surface area contributed by atoms with Crippen molar-refractivity contribution in [1.29, 1.82) is 0 Å². The third-order valence-corrected chi connectivity index (χ3v) is 5.24. The molecule has 1 aliphatic heterocycles. The summed E-state index contributed by atoms with van der Waals surface area (Å²) in [6.07, 6.45) is 1.90. The van der Waals surface area contributed by atoms with Crippen LogP contribution in [0.4, 0.5) is 0 Å². The molecule has 23 heavy (non-hydrogen) atoms. The summed E-state index contributed by atoms with van der Waals surface area (Å²) in [6.45, 7) is 6.71. The highest BCUT2D eigenvalue weighted by Gasteiger charge is 2.35. The van der Waals surface area contributed by atoms with Crippen LogP contribution in [-0.2, 0) is 5.41 Å². The molecule has 2 nitrogen and oxygen atoms in total. The lowest BCUT2D eigenvalue weighted by atomic mass is 9.77.